The van der Waals surface area contributed by atoms with Crippen LogP contribution in [0.2, 0.25) is 0 Å². The number of aryl methyl sites for hydroxylation is 2. The molecule has 45 heavy (non-hydrogen) atoms. The number of carboxylic acid groups (broad SMARTS) is 1. The molecule has 1 amide bonds. The maximum atomic E-state index is 12.0. The van der Waals surface area contributed by atoms with Crippen LogP contribution in [0.15, 0.2) is 82.4 Å². The van der Waals surface area contributed by atoms with E-state index in [1.165, 1.54) is 36.4 Å². The second-order valence-corrected chi connectivity index (χ2v) is 8.72. The minimum Gasteiger partial charge on any atom is -0.477 e. The van der Waals surface area contributed by atoms with Crippen LogP contribution in [0.3, 0.4) is 0 Å². The smallest absolute Gasteiger partial charge is 0.477 e. The molecule has 0 saturated carbocycles. The van der Waals surface area contributed by atoms with Crippen molar-refractivity contribution in [3.05, 3.63) is 116 Å². The number of benzene rings is 2. The van der Waals surface area contributed by atoms with Gasteiger partial charge in [0.2, 0.25) is 0 Å². The number of ether oxygens (including phenoxy) is 2. The Hall–Kier alpha value is -5.74. The van der Waals surface area contributed by atoms with E-state index in [0.29, 0.717) is 17.1 Å². The minimum absolute atomic E-state index is 0.0961. The summed E-state index contributed by atoms with van der Waals surface area (Å²) in [5, 5.41) is 10.8. The lowest BCUT2D eigenvalue weighted by atomic mass is 10.2. The average Bonchev–Trinajstić information content (AvgIpc) is 2.90. The van der Waals surface area contributed by atoms with Crippen molar-refractivity contribution in [1.82, 2.24) is 9.97 Å². The lowest BCUT2D eigenvalue weighted by Crippen LogP contribution is -2.23. The molecule has 0 saturated heterocycles. The molecule has 0 aliphatic rings. The van der Waals surface area contributed by atoms with Crippen LogP contribution >= 0.6 is 0 Å². The molecule has 4 rings (SSSR count). The fourth-order valence-electron chi connectivity index (χ4n) is 3.10. The first-order valence-corrected chi connectivity index (χ1v) is 12.2. The van der Waals surface area contributed by atoms with E-state index in [-0.39, 0.29) is 22.6 Å². The second-order valence-electron chi connectivity index (χ2n) is 8.72. The number of hydrogen-bond acceptors (Lipinski definition) is 7. The van der Waals surface area contributed by atoms with Gasteiger partial charge in [-0.05, 0) is 86.6 Å². The molecule has 0 unspecified atom stereocenters. The van der Waals surface area contributed by atoms with Crippen molar-refractivity contribution in [3.8, 4) is 11.5 Å². The lowest BCUT2D eigenvalue weighted by Gasteiger charge is -2.10. The zero-order chi connectivity index (χ0) is 33.9. The molecule has 240 valence electrons. The number of hydrogen-bond donors (Lipinski definition) is 5. The van der Waals surface area contributed by atoms with Gasteiger partial charge in [0.05, 0.1) is 0 Å². The van der Waals surface area contributed by atoms with Gasteiger partial charge in [0, 0.05) is 22.8 Å². The van der Waals surface area contributed by atoms with Gasteiger partial charge in [-0.1, -0.05) is 0 Å². The average molecular weight is 643 g/mol. The quantitative estimate of drug-likeness (QED) is 0.142. The fourth-order valence-corrected chi connectivity index (χ4v) is 3.10. The van der Waals surface area contributed by atoms with E-state index < -0.39 is 41.5 Å². The number of H-pyrrole nitrogens is 2. The third kappa shape index (κ3) is 13.0. The lowest BCUT2D eigenvalue weighted by molar-refractivity contribution is -0.275. The van der Waals surface area contributed by atoms with Crippen LogP contribution < -0.4 is 31.6 Å². The number of carbonyl (C=O) groups excluding carboxylic acids is 1. The van der Waals surface area contributed by atoms with E-state index in [2.05, 4.69) is 24.8 Å². The Bertz CT molecular complexity index is 1720. The Morgan fingerprint density at radius 2 is 1.09 bits per heavy atom. The molecule has 6 N–H and O–H groups in total. The van der Waals surface area contributed by atoms with Crippen LogP contribution in [-0.4, -0.2) is 39.7 Å². The van der Waals surface area contributed by atoms with E-state index in [0.717, 1.165) is 24.3 Å². The predicted molar refractivity (Wildman–Crippen MR) is 149 cm³/mol. The Morgan fingerprint density at radius 1 is 0.689 bits per heavy atom. The summed E-state index contributed by atoms with van der Waals surface area (Å²) in [6, 6.07) is 15.3. The molecule has 0 atom stereocenters. The molecule has 0 spiro atoms. The number of nitrogen functional groups attached to an aromatic ring is 1. The number of nitrogens with one attached hydrogen (secondary N) is 3. The number of aromatic carboxylic acids is 1. The normalized spacial score (nSPS) is 10.8. The molecule has 0 bridgehead atoms. The van der Waals surface area contributed by atoms with Crippen LogP contribution in [0, 0.1) is 13.8 Å². The van der Waals surface area contributed by atoms with Crippen LogP contribution in [0.5, 0.6) is 11.5 Å². The largest absolute Gasteiger partial charge is 0.573 e. The van der Waals surface area contributed by atoms with Crippen molar-refractivity contribution < 1.29 is 50.5 Å². The molecule has 0 radical (unpaired) electrons. The van der Waals surface area contributed by atoms with Crippen LogP contribution in [0.1, 0.15) is 32.1 Å². The van der Waals surface area contributed by atoms with Crippen LogP contribution in [0.4, 0.5) is 37.7 Å². The van der Waals surface area contributed by atoms with Gasteiger partial charge in [-0.2, -0.15) is 0 Å². The highest BCUT2D eigenvalue weighted by atomic mass is 19.4. The van der Waals surface area contributed by atoms with Gasteiger partial charge in [-0.15, -0.1) is 26.3 Å². The molecule has 0 aliphatic carbocycles. The number of carbonyl (C=O) groups is 2. The SMILES string of the molecule is Cc1ccc(C(=O)Nc2ccc(OC(F)(F)F)cc2)c(=O)[nH]1.Cc1ccc(C(=O)O)c(=O)[nH]1.Nc1ccc(OC(F)(F)F)cc1. The zero-order valence-corrected chi connectivity index (χ0v) is 23.2. The highest BCUT2D eigenvalue weighted by molar-refractivity contribution is 6.04. The Morgan fingerprint density at radius 3 is 1.47 bits per heavy atom. The van der Waals surface area contributed by atoms with Gasteiger partial charge >= 0.3 is 18.7 Å². The number of pyridine rings is 2. The van der Waals surface area contributed by atoms with Crippen LogP contribution in [-0.2, 0) is 0 Å². The summed E-state index contributed by atoms with van der Waals surface area (Å²) in [5.74, 6) is -2.53. The summed E-state index contributed by atoms with van der Waals surface area (Å²) in [6.07, 6.45) is -9.42. The highest BCUT2D eigenvalue weighted by Gasteiger charge is 2.31. The molecule has 2 aromatic carbocycles. The van der Waals surface area contributed by atoms with E-state index in [4.69, 9.17) is 10.8 Å². The maximum absolute atomic E-state index is 12.0. The standard InChI is InChI=1S/C14H11F3N2O3.C7H6F3NO.C7H7NO3/c1-8-2-7-11(12(20)18-8)13(21)19-9-3-5-10(6-4-9)22-14(15,16)17;8-7(9,10)12-6-3-1-5(11)2-4-6;1-4-2-3-5(7(10)11)6(9)8-4/h2-7H,1H3,(H,18,20)(H,19,21);1-4H,11H2;2-3H,1H3,(H,8,9)(H,10,11). The number of aromatic amines is 2. The molecular formula is C28H24F6N4O7. The van der Waals surface area contributed by atoms with Crippen molar-refractivity contribution in [1.29, 1.82) is 0 Å². The number of alkyl halides is 6. The molecule has 2 heterocycles. The number of nitrogens with two attached hydrogens (primary N) is 1. The van der Waals surface area contributed by atoms with Crippen molar-refractivity contribution in [3.63, 3.8) is 0 Å². The molecule has 4 aromatic rings. The Labute approximate surface area is 249 Å². The first-order chi connectivity index (χ1) is 20.8. The van der Waals surface area contributed by atoms with Crippen molar-refractivity contribution >= 4 is 23.3 Å². The summed E-state index contributed by atoms with van der Waals surface area (Å²) in [4.78, 5) is 49.6. The topological polar surface area (TPSA) is 177 Å². The molecular weight excluding hydrogens is 618 g/mol. The van der Waals surface area contributed by atoms with Crippen molar-refractivity contribution in [2.75, 3.05) is 11.1 Å². The summed E-state index contributed by atoms with van der Waals surface area (Å²) in [7, 11) is 0. The van der Waals surface area contributed by atoms with E-state index >= 15 is 0 Å². The van der Waals surface area contributed by atoms with Gasteiger partial charge in [0.1, 0.15) is 22.6 Å². The Kier molecular flexibility index (Phi) is 11.9. The molecule has 17 heteroatoms. The number of anilines is 2. The van der Waals surface area contributed by atoms with Gasteiger partial charge in [0.15, 0.2) is 0 Å². The monoisotopic (exact) mass is 642 g/mol. The highest BCUT2D eigenvalue weighted by Crippen LogP contribution is 2.24. The summed E-state index contributed by atoms with van der Waals surface area (Å²) < 4.78 is 78.1. The summed E-state index contributed by atoms with van der Waals surface area (Å²) in [6.45, 7) is 3.36. The van der Waals surface area contributed by atoms with Crippen LogP contribution in [0.25, 0.3) is 0 Å². The number of rotatable bonds is 5. The fraction of sp³-hybridized carbons (Fsp3) is 0.143. The van der Waals surface area contributed by atoms with Crippen molar-refractivity contribution in [2.24, 2.45) is 0 Å². The predicted octanol–water partition coefficient (Wildman–Crippen LogP) is 5.38. The molecule has 11 nitrogen and oxygen atoms in total. The second kappa shape index (κ2) is 15.1. The third-order valence-electron chi connectivity index (χ3n) is 5.05. The summed E-state index contributed by atoms with van der Waals surface area (Å²) in [5.41, 5.74) is 5.71. The summed E-state index contributed by atoms with van der Waals surface area (Å²) >= 11 is 0. The first-order valence-electron chi connectivity index (χ1n) is 12.2. The van der Waals surface area contributed by atoms with E-state index in [1.54, 1.807) is 26.0 Å². The van der Waals surface area contributed by atoms with Gasteiger partial charge < -0.3 is 35.6 Å². The van der Waals surface area contributed by atoms with E-state index in [9.17, 15) is 45.5 Å². The number of carboxylic acids is 1. The van der Waals surface area contributed by atoms with Gasteiger partial charge in [0.25, 0.3) is 17.0 Å². The number of halogens is 6. The molecule has 0 fully saturated rings. The first kappa shape index (κ1) is 35.5. The van der Waals surface area contributed by atoms with Gasteiger partial charge in [-0.3, -0.25) is 14.4 Å². The molecule has 0 aliphatic heterocycles. The van der Waals surface area contributed by atoms with Crippen molar-refractivity contribution in [2.45, 2.75) is 26.6 Å². The maximum Gasteiger partial charge on any atom is 0.573 e. The third-order valence-corrected chi connectivity index (χ3v) is 5.05. The minimum atomic E-state index is -4.78. The van der Waals surface area contributed by atoms with Gasteiger partial charge in [-0.25, -0.2) is 4.79 Å². The molecule has 2 aromatic heterocycles. The number of aromatic nitrogens is 2. The zero-order valence-electron chi connectivity index (χ0n) is 23.2. The Balaban J connectivity index is 0.000000259. The number of amides is 1. The van der Waals surface area contributed by atoms with E-state index in [1.807, 2.05) is 0 Å².